The minimum atomic E-state index is -0.237. The maximum Gasteiger partial charge on any atom is 0.160 e. The normalized spacial score (nSPS) is 22.1. The van der Waals surface area contributed by atoms with Gasteiger partial charge in [-0.25, -0.2) is 9.67 Å². The van der Waals surface area contributed by atoms with Crippen molar-refractivity contribution in [2.24, 2.45) is 11.1 Å². The van der Waals surface area contributed by atoms with Gasteiger partial charge < -0.3 is 24.4 Å². The maximum atomic E-state index is 6.12. The van der Waals surface area contributed by atoms with E-state index < -0.39 is 0 Å². The smallest absolute Gasteiger partial charge is 0.160 e. The fourth-order valence-corrected chi connectivity index (χ4v) is 6.38. The molecule has 0 radical (unpaired) electrons. The van der Waals surface area contributed by atoms with Gasteiger partial charge in [0.1, 0.15) is 11.4 Å². The Labute approximate surface area is 245 Å². The maximum absolute atomic E-state index is 6.12. The highest BCUT2D eigenvalue weighted by molar-refractivity contribution is 6.10. The number of nitrogens with one attached hydrogen (secondary N) is 1. The van der Waals surface area contributed by atoms with Crippen molar-refractivity contribution in [2.45, 2.75) is 56.9 Å². The molecule has 42 heavy (non-hydrogen) atoms. The number of ether oxygens (including phenoxy) is 3. The van der Waals surface area contributed by atoms with Crippen molar-refractivity contribution in [2.75, 3.05) is 32.2 Å². The largest absolute Gasteiger partial charge is 0.497 e. The van der Waals surface area contributed by atoms with Crippen molar-refractivity contribution in [1.29, 1.82) is 0 Å². The molecule has 2 aromatic heterocycles. The van der Waals surface area contributed by atoms with E-state index in [9.17, 15) is 0 Å². The average Bonchev–Trinajstić information content (AvgIpc) is 3.64. The summed E-state index contributed by atoms with van der Waals surface area (Å²) < 4.78 is 18.9. The number of anilines is 1. The van der Waals surface area contributed by atoms with Crippen LogP contribution in [0.15, 0.2) is 72.1 Å². The predicted molar refractivity (Wildman–Crippen MR) is 161 cm³/mol. The Morgan fingerprint density at radius 1 is 1.00 bits per heavy atom. The zero-order valence-corrected chi connectivity index (χ0v) is 24.0. The summed E-state index contributed by atoms with van der Waals surface area (Å²) >= 11 is 0. The lowest BCUT2D eigenvalue weighted by molar-refractivity contribution is -0.125. The third-order valence-corrected chi connectivity index (χ3v) is 8.66. The predicted octanol–water partition coefficient (Wildman–Crippen LogP) is 5.57. The van der Waals surface area contributed by atoms with E-state index in [2.05, 4.69) is 34.7 Å². The first-order chi connectivity index (χ1) is 20.7. The highest BCUT2D eigenvalue weighted by atomic mass is 16.7. The van der Waals surface area contributed by atoms with Crippen LogP contribution in [0.25, 0.3) is 11.0 Å². The molecule has 0 unspecified atom stereocenters. The Morgan fingerprint density at radius 2 is 1.81 bits per heavy atom. The molecule has 0 amide bonds. The van der Waals surface area contributed by atoms with E-state index in [-0.39, 0.29) is 5.60 Å². The van der Waals surface area contributed by atoms with Crippen molar-refractivity contribution in [1.82, 2.24) is 14.8 Å². The lowest BCUT2D eigenvalue weighted by Gasteiger charge is -2.42. The molecule has 1 saturated heterocycles. The molecule has 1 spiro atoms. The standard InChI is InChI=1S/C33H37N5O4/c1-39-27-9-7-23(8-10-27)20-38-32-29(19-35-38)31(36-26-11-13-40-14-12-26)28(18-34-32)30-17-33(42-37-30)15-25(16-33)22-41-21-24-5-3-2-4-6-24/h2-10,18-19,25-26H,11-17,20-22H2,1H3,(H,34,36). The van der Waals surface area contributed by atoms with E-state index in [1.165, 1.54) is 5.56 Å². The highest BCUT2D eigenvalue weighted by Crippen LogP contribution is 2.48. The second-order valence-electron chi connectivity index (χ2n) is 11.7. The van der Waals surface area contributed by atoms with E-state index >= 15 is 0 Å². The molecule has 2 aliphatic heterocycles. The van der Waals surface area contributed by atoms with E-state index in [0.717, 1.165) is 91.2 Å². The number of rotatable bonds is 10. The topological polar surface area (TPSA) is 92.0 Å². The molecule has 3 aliphatic rings. The lowest BCUT2D eigenvalue weighted by Crippen LogP contribution is -2.45. The molecule has 0 bridgehead atoms. The first-order valence-corrected chi connectivity index (χ1v) is 14.9. The summed E-state index contributed by atoms with van der Waals surface area (Å²) in [6, 6.07) is 18.7. The number of pyridine rings is 1. The van der Waals surface area contributed by atoms with Crippen LogP contribution in [0.5, 0.6) is 5.75 Å². The molecule has 7 rings (SSSR count). The second kappa shape index (κ2) is 11.7. The zero-order valence-electron chi connectivity index (χ0n) is 24.0. The second-order valence-corrected chi connectivity index (χ2v) is 11.7. The molecular weight excluding hydrogens is 530 g/mol. The van der Waals surface area contributed by atoms with E-state index in [1.54, 1.807) is 7.11 Å². The van der Waals surface area contributed by atoms with Crippen LogP contribution in [-0.2, 0) is 27.5 Å². The third kappa shape index (κ3) is 5.58. The van der Waals surface area contributed by atoms with E-state index in [4.69, 9.17) is 29.1 Å². The van der Waals surface area contributed by atoms with Gasteiger partial charge in [-0.2, -0.15) is 5.10 Å². The monoisotopic (exact) mass is 567 g/mol. The van der Waals surface area contributed by atoms with Gasteiger partial charge in [-0.1, -0.05) is 47.6 Å². The van der Waals surface area contributed by atoms with E-state index in [0.29, 0.717) is 25.1 Å². The minimum absolute atomic E-state index is 0.237. The van der Waals surface area contributed by atoms with E-state index in [1.807, 2.05) is 47.4 Å². The number of nitrogens with zero attached hydrogens (tertiary/aromatic N) is 4. The SMILES string of the molecule is COc1ccc(Cn2ncc3c(NC4CCOCC4)c(C4=NOC5(C4)CC(COCc4ccccc4)C5)cnc32)cc1. The van der Waals surface area contributed by atoms with Gasteiger partial charge in [-0.3, -0.25) is 0 Å². The van der Waals surface area contributed by atoms with Crippen LogP contribution in [-0.4, -0.2) is 59.0 Å². The summed E-state index contributed by atoms with van der Waals surface area (Å²) in [4.78, 5) is 11.0. The van der Waals surface area contributed by atoms with Crippen LogP contribution in [0.4, 0.5) is 5.69 Å². The molecular formula is C33H37N5O4. The van der Waals surface area contributed by atoms with Gasteiger partial charge in [-0.15, -0.1) is 0 Å². The van der Waals surface area contributed by atoms with Crippen molar-refractivity contribution in [3.05, 3.63) is 83.7 Å². The highest BCUT2D eigenvalue weighted by Gasteiger charge is 2.51. The first-order valence-electron chi connectivity index (χ1n) is 14.9. The molecule has 4 aromatic rings. The Morgan fingerprint density at radius 3 is 2.60 bits per heavy atom. The summed E-state index contributed by atoms with van der Waals surface area (Å²) in [6.07, 6.45) is 8.46. The van der Waals surface area contributed by atoms with Crippen LogP contribution in [0, 0.1) is 5.92 Å². The van der Waals surface area contributed by atoms with Crippen molar-refractivity contribution in [3.63, 3.8) is 0 Å². The summed E-state index contributed by atoms with van der Waals surface area (Å²) in [5.74, 6) is 1.32. The van der Waals surface area contributed by atoms with Crippen LogP contribution in [0.3, 0.4) is 0 Å². The van der Waals surface area contributed by atoms with Crippen molar-refractivity contribution in [3.8, 4) is 5.75 Å². The molecule has 2 fully saturated rings. The molecule has 4 heterocycles. The summed E-state index contributed by atoms with van der Waals surface area (Å²) in [7, 11) is 1.68. The quantitative estimate of drug-likeness (QED) is 0.268. The van der Waals surface area contributed by atoms with Crippen LogP contribution >= 0.6 is 0 Å². The molecule has 2 aromatic carbocycles. The number of methoxy groups -OCH3 is 1. The summed E-state index contributed by atoms with van der Waals surface area (Å²) in [6.45, 7) is 3.54. The van der Waals surface area contributed by atoms with Crippen molar-refractivity contribution >= 4 is 22.4 Å². The third-order valence-electron chi connectivity index (χ3n) is 8.66. The van der Waals surface area contributed by atoms with Gasteiger partial charge >= 0.3 is 0 Å². The minimum Gasteiger partial charge on any atom is -0.497 e. The zero-order chi connectivity index (χ0) is 28.4. The van der Waals surface area contributed by atoms with Gasteiger partial charge in [0, 0.05) is 37.4 Å². The molecule has 218 valence electrons. The van der Waals surface area contributed by atoms with Gasteiger partial charge in [0.15, 0.2) is 5.65 Å². The molecule has 1 N–H and O–H groups in total. The number of aromatic nitrogens is 3. The van der Waals surface area contributed by atoms with Gasteiger partial charge in [0.05, 0.1) is 49.9 Å². The number of oxime groups is 1. The average molecular weight is 568 g/mol. The first kappa shape index (κ1) is 26.9. The van der Waals surface area contributed by atoms with Crippen LogP contribution in [0.1, 0.15) is 48.8 Å². The summed E-state index contributed by atoms with van der Waals surface area (Å²) in [5, 5.41) is 14.2. The van der Waals surface area contributed by atoms with Crippen molar-refractivity contribution < 1.29 is 19.0 Å². The van der Waals surface area contributed by atoms with Gasteiger partial charge in [-0.05, 0) is 54.9 Å². The molecule has 9 nitrogen and oxygen atoms in total. The molecule has 1 aliphatic carbocycles. The Balaban J connectivity index is 1.07. The molecule has 1 saturated carbocycles. The fourth-order valence-electron chi connectivity index (χ4n) is 6.38. The van der Waals surface area contributed by atoms with Crippen LogP contribution in [0.2, 0.25) is 0 Å². The fraction of sp³-hybridized carbons (Fsp3) is 0.424. The Bertz CT molecular complexity index is 1540. The number of hydrogen-bond acceptors (Lipinski definition) is 8. The molecule has 0 atom stereocenters. The Kier molecular flexibility index (Phi) is 7.52. The number of hydrogen-bond donors (Lipinski definition) is 1. The number of fused-ring (bicyclic) bond motifs is 1. The lowest BCUT2D eigenvalue weighted by atomic mass is 9.68. The molecule has 9 heteroatoms. The Hall–Kier alpha value is -3.95. The van der Waals surface area contributed by atoms with Gasteiger partial charge in [0.25, 0.3) is 0 Å². The van der Waals surface area contributed by atoms with Gasteiger partial charge in [0.2, 0.25) is 0 Å². The summed E-state index contributed by atoms with van der Waals surface area (Å²) in [5.41, 5.74) is 5.93. The van der Waals surface area contributed by atoms with Crippen LogP contribution < -0.4 is 10.1 Å². The number of benzene rings is 2.